The summed E-state index contributed by atoms with van der Waals surface area (Å²) in [5.41, 5.74) is 1.56. The molecule has 0 saturated carbocycles. The SMILES string of the molecule is O=C(C[C@H](O)CNC(=O)OCc1ccccc1)N[C@@H](Cc1ccc(Br)cc1)C(=O)O. The zero-order chi connectivity index (χ0) is 21.9. The van der Waals surface area contributed by atoms with Crippen LogP contribution in [0.15, 0.2) is 59.1 Å². The lowest BCUT2D eigenvalue weighted by molar-refractivity contribution is -0.142. The number of carbonyl (C=O) groups is 3. The Hall–Kier alpha value is -2.91. The highest BCUT2D eigenvalue weighted by molar-refractivity contribution is 9.10. The molecule has 0 unspecified atom stereocenters. The summed E-state index contributed by atoms with van der Waals surface area (Å²) in [6.07, 6.45) is -2.16. The molecule has 0 fully saturated rings. The van der Waals surface area contributed by atoms with E-state index < -0.39 is 30.1 Å². The second-order valence-corrected chi connectivity index (χ2v) is 7.51. The zero-order valence-electron chi connectivity index (χ0n) is 16.1. The Labute approximate surface area is 182 Å². The van der Waals surface area contributed by atoms with E-state index in [-0.39, 0.29) is 26.0 Å². The number of halogens is 1. The molecule has 0 aliphatic rings. The van der Waals surface area contributed by atoms with Crippen LogP contribution in [0.4, 0.5) is 4.79 Å². The summed E-state index contributed by atoms with van der Waals surface area (Å²) in [6.45, 7) is -0.120. The lowest BCUT2D eigenvalue weighted by atomic mass is 10.1. The van der Waals surface area contributed by atoms with Gasteiger partial charge in [-0.15, -0.1) is 0 Å². The van der Waals surface area contributed by atoms with Crippen LogP contribution in [0, 0.1) is 0 Å². The maximum atomic E-state index is 12.1. The number of amides is 2. The number of nitrogens with one attached hydrogen (secondary N) is 2. The Morgan fingerprint density at radius 2 is 1.67 bits per heavy atom. The molecule has 0 aliphatic heterocycles. The summed E-state index contributed by atoms with van der Waals surface area (Å²) in [5, 5.41) is 24.0. The van der Waals surface area contributed by atoms with Crippen LogP contribution < -0.4 is 10.6 Å². The summed E-state index contributed by atoms with van der Waals surface area (Å²) in [5.74, 6) is -1.81. The minimum atomic E-state index is -1.18. The Balaban J connectivity index is 1.73. The molecule has 0 aliphatic carbocycles. The first-order chi connectivity index (χ1) is 14.3. The molecule has 0 saturated heterocycles. The summed E-state index contributed by atoms with van der Waals surface area (Å²) in [4.78, 5) is 35.2. The number of alkyl carbamates (subject to hydrolysis) is 1. The van der Waals surface area contributed by atoms with Crippen LogP contribution in [0.5, 0.6) is 0 Å². The van der Waals surface area contributed by atoms with Crippen LogP contribution in [0.1, 0.15) is 17.5 Å². The fourth-order valence-electron chi connectivity index (χ4n) is 2.57. The first kappa shape index (κ1) is 23.4. The number of aliphatic hydroxyl groups excluding tert-OH is 1. The number of carboxylic acid groups (broad SMARTS) is 1. The van der Waals surface area contributed by atoms with Gasteiger partial charge in [-0.05, 0) is 23.3 Å². The average Bonchev–Trinajstić information content (AvgIpc) is 2.72. The second-order valence-electron chi connectivity index (χ2n) is 6.59. The maximum Gasteiger partial charge on any atom is 0.407 e. The first-order valence-electron chi connectivity index (χ1n) is 9.22. The van der Waals surface area contributed by atoms with Crippen molar-refractivity contribution >= 4 is 33.9 Å². The maximum absolute atomic E-state index is 12.1. The quantitative estimate of drug-likeness (QED) is 0.414. The van der Waals surface area contributed by atoms with Crippen molar-refractivity contribution in [3.8, 4) is 0 Å². The number of hydrogen-bond acceptors (Lipinski definition) is 5. The fraction of sp³-hybridized carbons (Fsp3) is 0.286. The van der Waals surface area contributed by atoms with E-state index in [1.54, 1.807) is 36.4 Å². The Kier molecular flexibility index (Phi) is 9.30. The third-order valence-electron chi connectivity index (χ3n) is 4.10. The topological polar surface area (TPSA) is 125 Å². The summed E-state index contributed by atoms with van der Waals surface area (Å²) in [6, 6.07) is 15.0. The van der Waals surface area contributed by atoms with Crippen LogP contribution in [0.25, 0.3) is 0 Å². The third kappa shape index (κ3) is 8.62. The van der Waals surface area contributed by atoms with E-state index in [0.717, 1.165) is 15.6 Å². The Bertz CT molecular complexity index is 844. The minimum Gasteiger partial charge on any atom is -0.480 e. The molecule has 0 spiro atoms. The van der Waals surface area contributed by atoms with Gasteiger partial charge in [0.15, 0.2) is 0 Å². The number of aliphatic hydroxyl groups is 1. The summed E-state index contributed by atoms with van der Waals surface area (Å²) < 4.78 is 5.87. The highest BCUT2D eigenvalue weighted by Gasteiger charge is 2.22. The molecule has 4 N–H and O–H groups in total. The zero-order valence-corrected chi connectivity index (χ0v) is 17.7. The third-order valence-corrected chi connectivity index (χ3v) is 4.63. The largest absolute Gasteiger partial charge is 0.480 e. The lowest BCUT2D eigenvalue weighted by Crippen LogP contribution is -2.44. The molecule has 160 valence electrons. The van der Waals surface area contributed by atoms with Gasteiger partial charge in [-0.25, -0.2) is 9.59 Å². The molecular formula is C21H23BrN2O6. The van der Waals surface area contributed by atoms with E-state index >= 15 is 0 Å². The molecule has 2 rings (SSSR count). The first-order valence-corrected chi connectivity index (χ1v) is 10.0. The molecule has 2 aromatic carbocycles. The summed E-state index contributed by atoms with van der Waals surface area (Å²) >= 11 is 3.30. The standard InChI is InChI=1S/C21H23BrN2O6/c22-16-8-6-14(7-9-16)10-18(20(27)28)24-19(26)11-17(25)12-23-21(29)30-13-15-4-2-1-3-5-15/h1-9,17-18,25H,10-13H2,(H,23,29)(H,24,26)(H,27,28)/t17-,18-/m0/s1. The highest BCUT2D eigenvalue weighted by Crippen LogP contribution is 2.12. The van der Waals surface area contributed by atoms with Gasteiger partial charge in [-0.2, -0.15) is 0 Å². The van der Waals surface area contributed by atoms with Gasteiger partial charge in [0, 0.05) is 17.4 Å². The van der Waals surface area contributed by atoms with Crippen molar-refractivity contribution in [2.75, 3.05) is 6.54 Å². The van der Waals surface area contributed by atoms with E-state index in [9.17, 15) is 24.6 Å². The normalized spacial score (nSPS) is 12.5. The molecule has 0 aromatic heterocycles. The van der Waals surface area contributed by atoms with Gasteiger partial charge in [0.2, 0.25) is 5.91 Å². The lowest BCUT2D eigenvalue weighted by Gasteiger charge is -2.17. The molecule has 9 heteroatoms. The molecule has 0 radical (unpaired) electrons. The smallest absolute Gasteiger partial charge is 0.407 e. The average molecular weight is 479 g/mol. The second kappa shape index (κ2) is 11.9. The van der Waals surface area contributed by atoms with Gasteiger partial charge in [0.25, 0.3) is 0 Å². The van der Waals surface area contributed by atoms with Gasteiger partial charge in [0.1, 0.15) is 12.6 Å². The Morgan fingerprint density at radius 1 is 1.00 bits per heavy atom. The van der Waals surface area contributed by atoms with Crippen LogP contribution >= 0.6 is 15.9 Å². The molecule has 2 amide bonds. The van der Waals surface area contributed by atoms with Crippen molar-refractivity contribution < 1.29 is 29.3 Å². The minimum absolute atomic E-state index is 0.0829. The van der Waals surface area contributed by atoms with Gasteiger partial charge >= 0.3 is 12.1 Å². The number of carboxylic acids is 1. The monoisotopic (exact) mass is 478 g/mol. The van der Waals surface area contributed by atoms with Gasteiger partial charge in [-0.3, -0.25) is 4.79 Å². The van der Waals surface area contributed by atoms with E-state index in [4.69, 9.17) is 4.74 Å². The van der Waals surface area contributed by atoms with E-state index in [1.165, 1.54) is 0 Å². The van der Waals surface area contributed by atoms with Crippen molar-refractivity contribution in [3.05, 3.63) is 70.2 Å². The predicted molar refractivity (Wildman–Crippen MR) is 113 cm³/mol. The number of rotatable bonds is 10. The van der Waals surface area contributed by atoms with E-state index in [0.29, 0.717) is 0 Å². The van der Waals surface area contributed by atoms with Crippen LogP contribution in [0.3, 0.4) is 0 Å². The van der Waals surface area contributed by atoms with Crippen molar-refractivity contribution in [1.82, 2.24) is 10.6 Å². The van der Waals surface area contributed by atoms with Crippen molar-refractivity contribution in [1.29, 1.82) is 0 Å². The Morgan fingerprint density at radius 3 is 2.30 bits per heavy atom. The number of benzene rings is 2. The van der Waals surface area contributed by atoms with Crippen molar-refractivity contribution in [2.24, 2.45) is 0 Å². The van der Waals surface area contributed by atoms with Crippen LogP contribution in [-0.2, 0) is 27.4 Å². The van der Waals surface area contributed by atoms with Crippen molar-refractivity contribution in [2.45, 2.75) is 31.6 Å². The predicted octanol–water partition coefficient (Wildman–Crippen LogP) is 2.24. The van der Waals surface area contributed by atoms with Crippen LogP contribution in [-0.4, -0.2) is 46.9 Å². The number of carbonyl (C=O) groups excluding carboxylic acids is 2. The van der Waals surface area contributed by atoms with Gasteiger partial charge < -0.3 is 25.6 Å². The molecular weight excluding hydrogens is 456 g/mol. The molecule has 0 heterocycles. The molecule has 2 atom stereocenters. The number of hydrogen-bond donors (Lipinski definition) is 4. The molecule has 8 nitrogen and oxygen atoms in total. The van der Waals surface area contributed by atoms with E-state index in [1.807, 2.05) is 18.2 Å². The van der Waals surface area contributed by atoms with Crippen LogP contribution in [0.2, 0.25) is 0 Å². The molecule has 0 bridgehead atoms. The van der Waals surface area contributed by atoms with Crippen molar-refractivity contribution in [3.63, 3.8) is 0 Å². The van der Waals surface area contributed by atoms with Gasteiger partial charge in [-0.1, -0.05) is 58.4 Å². The summed E-state index contributed by atoms with van der Waals surface area (Å²) in [7, 11) is 0. The fourth-order valence-corrected chi connectivity index (χ4v) is 2.84. The number of aliphatic carboxylic acids is 1. The highest BCUT2D eigenvalue weighted by atomic mass is 79.9. The van der Waals surface area contributed by atoms with Gasteiger partial charge in [0.05, 0.1) is 12.5 Å². The number of ether oxygens (including phenoxy) is 1. The van der Waals surface area contributed by atoms with E-state index in [2.05, 4.69) is 26.6 Å². The molecule has 2 aromatic rings. The molecule has 30 heavy (non-hydrogen) atoms.